The first kappa shape index (κ1) is 18.9. The number of thiazole rings is 1. The summed E-state index contributed by atoms with van der Waals surface area (Å²) in [4.78, 5) is 20.1. The standard InChI is InChI=1S/C20H27N3O2S/c1-13(2)25-18-10-15(19-14(3)22-12-26-19)7-8-16(18)11-21-20(24)17-6-5-9-23(17)4/h7-8,10,12-13,17H,5-6,9,11H2,1-4H3,(H,21,24). The molecule has 3 rings (SSSR count). The van der Waals surface area contributed by atoms with E-state index in [-0.39, 0.29) is 18.1 Å². The van der Waals surface area contributed by atoms with Gasteiger partial charge in [-0.3, -0.25) is 9.69 Å². The van der Waals surface area contributed by atoms with Crippen molar-refractivity contribution in [3.63, 3.8) is 0 Å². The Balaban J connectivity index is 1.77. The predicted molar refractivity (Wildman–Crippen MR) is 106 cm³/mol. The largest absolute Gasteiger partial charge is 0.491 e. The lowest BCUT2D eigenvalue weighted by molar-refractivity contribution is -0.125. The lowest BCUT2D eigenvalue weighted by atomic mass is 10.1. The van der Waals surface area contributed by atoms with Crippen molar-refractivity contribution in [2.45, 2.75) is 52.3 Å². The lowest BCUT2D eigenvalue weighted by Crippen LogP contribution is -2.41. The van der Waals surface area contributed by atoms with Crippen LogP contribution in [0.3, 0.4) is 0 Å². The van der Waals surface area contributed by atoms with E-state index in [1.54, 1.807) is 11.3 Å². The highest BCUT2D eigenvalue weighted by molar-refractivity contribution is 7.13. The van der Waals surface area contributed by atoms with Gasteiger partial charge < -0.3 is 10.1 Å². The number of likely N-dealkylation sites (N-methyl/N-ethyl adjacent to an activating group) is 1. The quantitative estimate of drug-likeness (QED) is 0.840. The van der Waals surface area contributed by atoms with Crippen LogP contribution in [0, 0.1) is 6.92 Å². The molecule has 2 aromatic rings. The van der Waals surface area contributed by atoms with Gasteiger partial charge in [-0.25, -0.2) is 4.98 Å². The summed E-state index contributed by atoms with van der Waals surface area (Å²) in [6.07, 6.45) is 2.09. The summed E-state index contributed by atoms with van der Waals surface area (Å²) in [5, 5.41) is 3.08. The molecule has 1 atom stereocenters. The lowest BCUT2D eigenvalue weighted by Gasteiger charge is -2.20. The summed E-state index contributed by atoms with van der Waals surface area (Å²) in [6, 6.07) is 6.18. The molecule has 1 unspecified atom stereocenters. The third-order valence-corrected chi connectivity index (χ3v) is 5.69. The number of amides is 1. The van der Waals surface area contributed by atoms with Crippen LogP contribution in [0.4, 0.5) is 0 Å². The molecular formula is C20H27N3O2S. The van der Waals surface area contributed by atoms with Crippen molar-refractivity contribution in [2.24, 2.45) is 0 Å². The zero-order valence-corrected chi connectivity index (χ0v) is 16.7. The van der Waals surface area contributed by atoms with Crippen molar-refractivity contribution in [1.29, 1.82) is 0 Å². The van der Waals surface area contributed by atoms with Crippen LogP contribution in [-0.2, 0) is 11.3 Å². The van der Waals surface area contributed by atoms with Gasteiger partial charge in [0.1, 0.15) is 5.75 Å². The van der Waals surface area contributed by atoms with Crippen molar-refractivity contribution < 1.29 is 9.53 Å². The van der Waals surface area contributed by atoms with Gasteiger partial charge in [0.2, 0.25) is 5.91 Å². The third kappa shape index (κ3) is 4.24. The van der Waals surface area contributed by atoms with E-state index in [2.05, 4.69) is 27.3 Å². The molecule has 1 aliphatic rings. The maximum absolute atomic E-state index is 12.5. The van der Waals surface area contributed by atoms with Gasteiger partial charge in [-0.2, -0.15) is 0 Å². The molecule has 26 heavy (non-hydrogen) atoms. The number of ether oxygens (including phenoxy) is 1. The Morgan fingerprint density at radius 3 is 2.88 bits per heavy atom. The second kappa shape index (κ2) is 8.18. The molecule has 1 amide bonds. The molecule has 1 aliphatic heterocycles. The Bertz CT molecular complexity index is 772. The highest BCUT2D eigenvalue weighted by Crippen LogP contribution is 2.32. The fourth-order valence-electron chi connectivity index (χ4n) is 3.33. The molecule has 5 nitrogen and oxygen atoms in total. The minimum absolute atomic E-state index is 0.0106. The topological polar surface area (TPSA) is 54.5 Å². The third-order valence-electron chi connectivity index (χ3n) is 4.71. The first-order valence-electron chi connectivity index (χ1n) is 9.13. The van der Waals surface area contributed by atoms with Crippen LogP contribution in [0.5, 0.6) is 5.75 Å². The van der Waals surface area contributed by atoms with Crippen LogP contribution in [0.1, 0.15) is 37.9 Å². The number of hydrogen-bond donors (Lipinski definition) is 1. The maximum atomic E-state index is 12.5. The minimum atomic E-state index is -0.0106. The molecule has 0 spiro atoms. The van der Waals surface area contributed by atoms with Gasteiger partial charge in [0.25, 0.3) is 0 Å². The summed E-state index contributed by atoms with van der Waals surface area (Å²) in [5.41, 5.74) is 4.99. The second-order valence-corrected chi connectivity index (χ2v) is 7.97. The van der Waals surface area contributed by atoms with Crippen molar-refractivity contribution >= 4 is 17.2 Å². The van der Waals surface area contributed by atoms with Crippen LogP contribution < -0.4 is 10.1 Å². The van der Waals surface area contributed by atoms with E-state index < -0.39 is 0 Å². The average Bonchev–Trinajstić information content (AvgIpc) is 3.21. The van der Waals surface area contributed by atoms with E-state index in [1.165, 1.54) is 0 Å². The minimum Gasteiger partial charge on any atom is -0.491 e. The first-order valence-corrected chi connectivity index (χ1v) is 10.0. The fourth-order valence-corrected chi connectivity index (χ4v) is 4.13. The Hall–Kier alpha value is -1.92. The summed E-state index contributed by atoms with van der Waals surface area (Å²) >= 11 is 1.63. The molecule has 1 aromatic carbocycles. The van der Waals surface area contributed by atoms with Gasteiger partial charge in [-0.15, -0.1) is 11.3 Å². The van der Waals surface area contributed by atoms with E-state index >= 15 is 0 Å². The fraction of sp³-hybridized carbons (Fsp3) is 0.500. The van der Waals surface area contributed by atoms with E-state index in [1.807, 2.05) is 39.4 Å². The second-order valence-electron chi connectivity index (χ2n) is 7.11. The Kier molecular flexibility index (Phi) is 5.94. The average molecular weight is 374 g/mol. The predicted octanol–water partition coefficient (Wildman–Crippen LogP) is 3.62. The molecule has 1 aromatic heterocycles. The van der Waals surface area contributed by atoms with Crippen molar-refractivity contribution in [3.8, 4) is 16.2 Å². The smallest absolute Gasteiger partial charge is 0.237 e. The number of hydrogen-bond acceptors (Lipinski definition) is 5. The molecule has 1 N–H and O–H groups in total. The van der Waals surface area contributed by atoms with Gasteiger partial charge >= 0.3 is 0 Å². The van der Waals surface area contributed by atoms with Gasteiger partial charge in [-0.05, 0) is 58.8 Å². The molecule has 1 saturated heterocycles. The Morgan fingerprint density at radius 2 is 2.27 bits per heavy atom. The van der Waals surface area contributed by atoms with Crippen LogP contribution in [0.25, 0.3) is 10.4 Å². The highest BCUT2D eigenvalue weighted by atomic mass is 32.1. The number of rotatable bonds is 6. The molecular weight excluding hydrogens is 346 g/mol. The zero-order chi connectivity index (χ0) is 18.7. The number of aromatic nitrogens is 1. The Morgan fingerprint density at radius 1 is 1.46 bits per heavy atom. The highest BCUT2D eigenvalue weighted by Gasteiger charge is 2.27. The Labute approximate surface area is 159 Å². The number of carbonyl (C=O) groups is 1. The molecule has 1 fully saturated rings. The zero-order valence-electron chi connectivity index (χ0n) is 15.9. The SMILES string of the molecule is Cc1ncsc1-c1ccc(CNC(=O)C2CCCN2C)c(OC(C)C)c1. The summed E-state index contributed by atoms with van der Waals surface area (Å²) in [7, 11) is 2.01. The van der Waals surface area contributed by atoms with Gasteiger partial charge in [-0.1, -0.05) is 12.1 Å². The van der Waals surface area contributed by atoms with Crippen molar-refractivity contribution in [3.05, 3.63) is 35.0 Å². The van der Waals surface area contributed by atoms with Gasteiger partial charge in [0, 0.05) is 12.1 Å². The maximum Gasteiger partial charge on any atom is 0.237 e. The molecule has 0 saturated carbocycles. The van der Waals surface area contributed by atoms with Crippen LogP contribution in [0.2, 0.25) is 0 Å². The number of nitrogens with zero attached hydrogens (tertiary/aromatic N) is 2. The number of aryl methyl sites for hydroxylation is 1. The number of carbonyl (C=O) groups excluding carboxylic acids is 1. The summed E-state index contributed by atoms with van der Waals surface area (Å²) in [5.74, 6) is 0.924. The van der Waals surface area contributed by atoms with E-state index in [0.717, 1.165) is 46.8 Å². The first-order chi connectivity index (χ1) is 12.5. The number of nitrogens with one attached hydrogen (secondary N) is 1. The molecule has 0 radical (unpaired) electrons. The molecule has 140 valence electrons. The number of benzene rings is 1. The van der Waals surface area contributed by atoms with Crippen LogP contribution in [0.15, 0.2) is 23.7 Å². The van der Waals surface area contributed by atoms with Crippen LogP contribution in [-0.4, -0.2) is 41.5 Å². The molecule has 0 aliphatic carbocycles. The van der Waals surface area contributed by atoms with E-state index in [9.17, 15) is 4.79 Å². The number of likely N-dealkylation sites (tertiary alicyclic amines) is 1. The van der Waals surface area contributed by atoms with Gasteiger partial charge in [0.15, 0.2) is 0 Å². The monoisotopic (exact) mass is 373 g/mol. The normalized spacial score (nSPS) is 17.7. The van der Waals surface area contributed by atoms with Crippen molar-refractivity contribution in [1.82, 2.24) is 15.2 Å². The molecule has 0 bridgehead atoms. The van der Waals surface area contributed by atoms with Crippen LogP contribution >= 0.6 is 11.3 Å². The molecule has 6 heteroatoms. The van der Waals surface area contributed by atoms with E-state index in [0.29, 0.717) is 6.54 Å². The van der Waals surface area contributed by atoms with E-state index in [4.69, 9.17) is 4.74 Å². The summed E-state index contributed by atoms with van der Waals surface area (Å²) < 4.78 is 6.03. The summed E-state index contributed by atoms with van der Waals surface area (Å²) in [6.45, 7) is 7.51. The molecule has 2 heterocycles. The van der Waals surface area contributed by atoms with Crippen molar-refractivity contribution in [2.75, 3.05) is 13.6 Å². The van der Waals surface area contributed by atoms with Gasteiger partial charge in [0.05, 0.1) is 28.2 Å².